The highest BCUT2D eigenvalue weighted by atomic mass is 16.5. The first kappa shape index (κ1) is 22.3. The summed E-state index contributed by atoms with van der Waals surface area (Å²) in [7, 11) is 4.92. The van der Waals surface area contributed by atoms with Gasteiger partial charge in [-0.1, -0.05) is 48.5 Å². The van der Waals surface area contributed by atoms with Crippen LogP contribution in [0.1, 0.15) is 35.2 Å². The minimum Gasteiger partial charge on any atom is -0.497 e. The minimum atomic E-state index is -0.503. The first-order valence-corrected chi connectivity index (χ1v) is 10.3. The molecule has 0 fully saturated rings. The van der Waals surface area contributed by atoms with E-state index in [1.54, 1.807) is 27.5 Å². The highest BCUT2D eigenvalue weighted by Gasteiger charge is 2.26. The van der Waals surface area contributed by atoms with Gasteiger partial charge in [-0.25, -0.2) is 4.98 Å². The number of pyridine rings is 1. The van der Waals surface area contributed by atoms with Gasteiger partial charge >= 0.3 is 0 Å². The van der Waals surface area contributed by atoms with Gasteiger partial charge in [0.15, 0.2) is 0 Å². The number of hydrogen-bond donors (Lipinski definition) is 2. The molecule has 0 saturated carbocycles. The lowest BCUT2D eigenvalue weighted by molar-refractivity contribution is -0.123. The van der Waals surface area contributed by atoms with Crippen molar-refractivity contribution in [2.75, 3.05) is 21.3 Å². The van der Waals surface area contributed by atoms with Gasteiger partial charge in [0.1, 0.15) is 11.8 Å². The van der Waals surface area contributed by atoms with Crippen molar-refractivity contribution in [3.63, 3.8) is 0 Å². The molecule has 0 aliphatic carbocycles. The highest BCUT2D eigenvalue weighted by Crippen LogP contribution is 2.29. The zero-order valence-electron chi connectivity index (χ0n) is 18.2. The van der Waals surface area contributed by atoms with E-state index in [1.165, 1.54) is 5.56 Å². The summed E-state index contributed by atoms with van der Waals surface area (Å²) < 4.78 is 10.8. The Morgan fingerprint density at radius 1 is 0.968 bits per heavy atom. The standard InChI is InChI=1S/C25H29N3O3/c1-26-24(29)23(19-8-5-4-6-9-19)28-22(21-10-7-17-27-25(21)31-3)16-13-18-11-14-20(30-2)15-12-18/h4-12,14-15,17,22-23,28H,13,16H2,1-3H3,(H,26,29)/t22-,23-/m1/s1. The zero-order valence-corrected chi connectivity index (χ0v) is 18.2. The van der Waals surface area contributed by atoms with Crippen LogP contribution in [0.25, 0.3) is 0 Å². The monoisotopic (exact) mass is 419 g/mol. The first-order valence-electron chi connectivity index (χ1n) is 10.3. The number of likely N-dealkylation sites (N-methyl/N-ethyl adjacent to an activating group) is 1. The number of aromatic nitrogens is 1. The smallest absolute Gasteiger partial charge is 0.241 e. The molecule has 0 aliphatic heterocycles. The third-order valence-corrected chi connectivity index (χ3v) is 5.26. The summed E-state index contributed by atoms with van der Waals surface area (Å²) in [5.74, 6) is 1.29. The van der Waals surface area contributed by atoms with Crippen molar-refractivity contribution in [3.8, 4) is 11.6 Å². The number of carbonyl (C=O) groups excluding carboxylic acids is 1. The summed E-state index contributed by atoms with van der Waals surface area (Å²) in [6.45, 7) is 0. The van der Waals surface area contributed by atoms with Crippen molar-refractivity contribution < 1.29 is 14.3 Å². The van der Waals surface area contributed by atoms with Crippen molar-refractivity contribution in [2.45, 2.75) is 24.9 Å². The number of carbonyl (C=O) groups is 1. The van der Waals surface area contributed by atoms with Crippen molar-refractivity contribution in [1.82, 2.24) is 15.6 Å². The molecule has 1 heterocycles. The number of amides is 1. The maximum Gasteiger partial charge on any atom is 0.241 e. The van der Waals surface area contributed by atoms with Gasteiger partial charge in [-0.15, -0.1) is 0 Å². The van der Waals surface area contributed by atoms with Crippen LogP contribution in [-0.2, 0) is 11.2 Å². The second-order valence-electron chi connectivity index (χ2n) is 7.17. The van der Waals surface area contributed by atoms with E-state index in [9.17, 15) is 4.79 Å². The number of aryl methyl sites for hydroxylation is 1. The Labute approximate surface area is 183 Å². The molecule has 2 N–H and O–H groups in total. The molecule has 2 atom stereocenters. The Balaban J connectivity index is 1.89. The van der Waals surface area contributed by atoms with Gasteiger partial charge in [-0.2, -0.15) is 0 Å². The molecule has 0 bridgehead atoms. The van der Waals surface area contributed by atoms with Gasteiger partial charge in [-0.3, -0.25) is 10.1 Å². The zero-order chi connectivity index (χ0) is 22.1. The van der Waals surface area contributed by atoms with Crippen molar-refractivity contribution in [3.05, 3.63) is 89.6 Å². The molecule has 2 aromatic carbocycles. The van der Waals surface area contributed by atoms with Gasteiger partial charge in [0.2, 0.25) is 11.8 Å². The molecule has 6 nitrogen and oxygen atoms in total. The summed E-state index contributed by atoms with van der Waals surface area (Å²) in [6, 6.07) is 21.0. The summed E-state index contributed by atoms with van der Waals surface area (Å²) in [4.78, 5) is 17.1. The second kappa shape index (κ2) is 11.1. The molecule has 3 aromatic rings. The largest absolute Gasteiger partial charge is 0.497 e. The highest BCUT2D eigenvalue weighted by molar-refractivity contribution is 5.83. The molecule has 0 saturated heterocycles. The molecule has 6 heteroatoms. The van der Waals surface area contributed by atoms with Crippen LogP contribution >= 0.6 is 0 Å². The van der Waals surface area contributed by atoms with Crippen LogP contribution in [0.4, 0.5) is 0 Å². The first-order chi connectivity index (χ1) is 15.2. The third kappa shape index (κ3) is 5.83. The van der Waals surface area contributed by atoms with Crippen molar-refractivity contribution >= 4 is 5.91 Å². The van der Waals surface area contributed by atoms with Crippen LogP contribution in [0, 0.1) is 0 Å². The summed E-state index contributed by atoms with van der Waals surface area (Å²) in [6.07, 6.45) is 3.28. The van der Waals surface area contributed by atoms with E-state index in [4.69, 9.17) is 9.47 Å². The van der Waals surface area contributed by atoms with E-state index in [1.807, 2.05) is 54.6 Å². The predicted molar refractivity (Wildman–Crippen MR) is 121 cm³/mol. The number of ether oxygens (including phenoxy) is 2. The van der Waals surface area contributed by atoms with Crippen molar-refractivity contribution in [2.24, 2.45) is 0 Å². The molecule has 0 radical (unpaired) electrons. The molecule has 31 heavy (non-hydrogen) atoms. The van der Waals surface area contributed by atoms with Crippen LogP contribution in [-0.4, -0.2) is 32.2 Å². The molecule has 1 amide bonds. The Hall–Kier alpha value is -3.38. The molecule has 0 spiro atoms. The Bertz CT molecular complexity index is 961. The fraction of sp³-hybridized carbons (Fsp3) is 0.280. The number of methoxy groups -OCH3 is 2. The maximum atomic E-state index is 12.7. The number of rotatable bonds is 10. The van der Waals surface area contributed by atoms with E-state index >= 15 is 0 Å². The normalized spacial score (nSPS) is 12.6. The van der Waals surface area contributed by atoms with Crippen LogP contribution < -0.4 is 20.1 Å². The SMILES string of the molecule is CNC(=O)[C@H](N[C@H](CCc1ccc(OC)cc1)c1cccnc1OC)c1ccccc1. The Morgan fingerprint density at radius 3 is 2.35 bits per heavy atom. The molecule has 1 aromatic heterocycles. The quantitative estimate of drug-likeness (QED) is 0.522. The molecule has 162 valence electrons. The van der Waals surface area contributed by atoms with Gasteiger partial charge in [0, 0.05) is 24.8 Å². The van der Waals surface area contributed by atoms with Gasteiger partial charge in [0.25, 0.3) is 0 Å². The minimum absolute atomic E-state index is 0.0940. The van der Waals surface area contributed by atoms with Gasteiger partial charge in [-0.05, 0) is 42.2 Å². The average molecular weight is 420 g/mol. The molecule has 3 rings (SSSR count). The maximum absolute atomic E-state index is 12.7. The fourth-order valence-corrected chi connectivity index (χ4v) is 3.59. The second-order valence-corrected chi connectivity index (χ2v) is 7.17. The molecule has 0 unspecified atom stereocenters. The van der Waals surface area contributed by atoms with Crippen LogP contribution in [0.5, 0.6) is 11.6 Å². The lowest BCUT2D eigenvalue weighted by Crippen LogP contribution is -2.38. The fourth-order valence-electron chi connectivity index (χ4n) is 3.59. The van der Waals surface area contributed by atoms with Crippen LogP contribution in [0.2, 0.25) is 0 Å². The van der Waals surface area contributed by atoms with E-state index < -0.39 is 6.04 Å². The summed E-state index contributed by atoms with van der Waals surface area (Å²) in [5, 5.41) is 6.32. The van der Waals surface area contributed by atoms with E-state index in [-0.39, 0.29) is 11.9 Å². The summed E-state index contributed by atoms with van der Waals surface area (Å²) in [5.41, 5.74) is 3.01. The summed E-state index contributed by atoms with van der Waals surface area (Å²) >= 11 is 0. The molecular weight excluding hydrogens is 390 g/mol. The third-order valence-electron chi connectivity index (χ3n) is 5.26. The predicted octanol–water partition coefficient (Wildman–Crippen LogP) is 3.85. The lowest BCUT2D eigenvalue weighted by Gasteiger charge is -2.26. The van der Waals surface area contributed by atoms with E-state index in [0.717, 1.165) is 29.7 Å². The van der Waals surface area contributed by atoms with Crippen LogP contribution in [0.15, 0.2) is 72.9 Å². The van der Waals surface area contributed by atoms with Gasteiger partial charge in [0.05, 0.1) is 14.2 Å². The lowest BCUT2D eigenvalue weighted by atomic mass is 9.97. The number of nitrogens with one attached hydrogen (secondary N) is 2. The van der Waals surface area contributed by atoms with Crippen molar-refractivity contribution in [1.29, 1.82) is 0 Å². The Kier molecular flexibility index (Phi) is 8.01. The number of hydrogen-bond acceptors (Lipinski definition) is 5. The Morgan fingerprint density at radius 2 is 1.71 bits per heavy atom. The topological polar surface area (TPSA) is 72.5 Å². The van der Waals surface area contributed by atoms with Crippen LogP contribution in [0.3, 0.4) is 0 Å². The number of benzene rings is 2. The average Bonchev–Trinajstić information content (AvgIpc) is 2.84. The molecular formula is C25H29N3O3. The van der Waals surface area contributed by atoms with E-state index in [2.05, 4.69) is 27.8 Å². The van der Waals surface area contributed by atoms with E-state index in [0.29, 0.717) is 5.88 Å². The molecule has 0 aliphatic rings. The van der Waals surface area contributed by atoms with Gasteiger partial charge < -0.3 is 14.8 Å². The number of nitrogens with zero attached hydrogens (tertiary/aromatic N) is 1.